The summed E-state index contributed by atoms with van der Waals surface area (Å²) in [5.41, 5.74) is 3.02. The van der Waals surface area contributed by atoms with Crippen LogP contribution in [-0.2, 0) is 11.2 Å². The molecule has 1 aliphatic heterocycles. The van der Waals surface area contributed by atoms with Crippen LogP contribution in [0.4, 0.5) is 0 Å². The van der Waals surface area contributed by atoms with Gasteiger partial charge in [0.15, 0.2) is 0 Å². The third kappa shape index (κ3) is 2.93. The van der Waals surface area contributed by atoms with Gasteiger partial charge in [-0.05, 0) is 38.8 Å². The summed E-state index contributed by atoms with van der Waals surface area (Å²) in [6.45, 7) is 9.51. The fraction of sp³-hybridized carbons (Fsp3) is 0.625. The van der Waals surface area contributed by atoms with E-state index in [0.717, 1.165) is 32.5 Å². The van der Waals surface area contributed by atoms with Crippen LogP contribution in [0.5, 0.6) is 0 Å². The maximum Gasteiger partial charge on any atom is 0.0619 e. The number of benzene rings is 1. The van der Waals surface area contributed by atoms with E-state index in [0.29, 0.717) is 6.10 Å². The largest absolute Gasteiger partial charge is 0.378 e. The summed E-state index contributed by atoms with van der Waals surface area (Å²) in [6.07, 6.45) is 2.62. The summed E-state index contributed by atoms with van der Waals surface area (Å²) in [5, 5.41) is 3.51. The van der Waals surface area contributed by atoms with Gasteiger partial charge in [0.2, 0.25) is 0 Å². The highest BCUT2D eigenvalue weighted by atomic mass is 16.5. The Morgan fingerprint density at radius 1 is 1.33 bits per heavy atom. The minimum atomic E-state index is 0.269. The summed E-state index contributed by atoms with van der Waals surface area (Å²) in [4.78, 5) is 0. The topological polar surface area (TPSA) is 21.3 Å². The normalized spacial score (nSPS) is 27.6. The highest BCUT2D eigenvalue weighted by molar-refractivity contribution is 5.23. The maximum atomic E-state index is 5.82. The van der Waals surface area contributed by atoms with Crippen molar-refractivity contribution in [3.63, 3.8) is 0 Å². The number of ether oxygens (including phenoxy) is 1. The summed E-state index contributed by atoms with van der Waals surface area (Å²) in [6, 6.07) is 8.93. The molecule has 2 unspecified atom stereocenters. The highest BCUT2D eigenvalue weighted by Crippen LogP contribution is 2.37. The van der Waals surface area contributed by atoms with Crippen molar-refractivity contribution >= 4 is 0 Å². The summed E-state index contributed by atoms with van der Waals surface area (Å²) in [5.74, 6) is 0. The van der Waals surface area contributed by atoms with Crippen LogP contribution in [0.25, 0.3) is 0 Å². The molecule has 1 saturated heterocycles. The first kappa shape index (κ1) is 13.6. The molecule has 1 fully saturated rings. The monoisotopic (exact) mass is 247 g/mol. The molecule has 1 aromatic rings. The number of rotatable bonds is 5. The molecule has 0 radical (unpaired) electrons. The number of nitrogens with one attached hydrogen (secondary N) is 1. The predicted molar refractivity (Wildman–Crippen MR) is 75.9 cm³/mol. The first-order chi connectivity index (χ1) is 8.66. The lowest BCUT2D eigenvalue weighted by molar-refractivity contribution is 0.0633. The molecule has 2 rings (SSSR count). The van der Waals surface area contributed by atoms with E-state index in [1.165, 1.54) is 11.1 Å². The first-order valence-corrected chi connectivity index (χ1v) is 7.04. The van der Waals surface area contributed by atoms with E-state index in [9.17, 15) is 0 Å². The lowest BCUT2D eigenvalue weighted by Gasteiger charge is -2.32. The molecule has 0 spiro atoms. The van der Waals surface area contributed by atoms with E-state index < -0.39 is 0 Å². The molecule has 0 saturated carbocycles. The molecule has 0 bridgehead atoms. The van der Waals surface area contributed by atoms with Crippen molar-refractivity contribution in [1.29, 1.82) is 0 Å². The van der Waals surface area contributed by atoms with Gasteiger partial charge in [0, 0.05) is 18.6 Å². The molecule has 1 heterocycles. The number of hydrogen-bond acceptors (Lipinski definition) is 2. The van der Waals surface area contributed by atoms with E-state index in [-0.39, 0.29) is 5.41 Å². The third-order valence-electron chi connectivity index (χ3n) is 4.23. The highest BCUT2D eigenvalue weighted by Gasteiger charge is 2.40. The Morgan fingerprint density at radius 3 is 2.61 bits per heavy atom. The Labute approximate surface area is 111 Å². The first-order valence-electron chi connectivity index (χ1n) is 7.04. The molecule has 1 aliphatic rings. The second kappa shape index (κ2) is 5.85. The molecule has 2 nitrogen and oxygen atoms in total. The third-order valence-corrected chi connectivity index (χ3v) is 4.23. The zero-order valence-electron chi connectivity index (χ0n) is 11.8. The van der Waals surface area contributed by atoms with Crippen LogP contribution in [0, 0.1) is 12.3 Å². The van der Waals surface area contributed by atoms with E-state index >= 15 is 0 Å². The van der Waals surface area contributed by atoms with Crippen molar-refractivity contribution in [1.82, 2.24) is 5.32 Å². The van der Waals surface area contributed by atoms with Crippen LogP contribution in [0.2, 0.25) is 0 Å². The summed E-state index contributed by atoms with van der Waals surface area (Å²) < 4.78 is 5.82. The second-order valence-electron chi connectivity index (χ2n) is 5.57. The molecular weight excluding hydrogens is 222 g/mol. The molecule has 1 N–H and O–H groups in total. The van der Waals surface area contributed by atoms with Crippen molar-refractivity contribution in [2.75, 3.05) is 19.7 Å². The lowest BCUT2D eigenvalue weighted by atomic mass is 9.76. The molecule has 18 heavy (non-hydrogen) atoms. The van der Waals surface area contributed by atoms with E-state index in [1.54, 1.807) is 0 Å². The fourth-order valence-electron chi connectivity index (χ4n) is 2.83. The maximum absolute atomic E-state index is 5.82. The molecule has 2 atom stereocenters. The molecule has 0 aliphatic carbocycles. The van der Waals surface area contributed by atoms with E-state index in [4.69, 9.17) is 4.74 Å². The Kier molecular flexibility index (Phi) is 4.41. The van der Waals surface area contributed by atoms with E-state index in [1.807, 2.05) is 0 Å². The van der Waals surface area contributed by atoms with Gasteiger partial charge >= 0.3 is 0 Å². The lowest BCUT2D eigenvalue weighted by Crippen LogP contribution is -2.41. The van der Waals surface area contributed by atoms with Crippen molar-refractivity contribution in [3.8, 4) is 0 Å². The SMILES string of the molecule is CCNCC1(Cc2ccc(C)cc2)CCOC1C. The van der Waals surface area contributed by atoms with E-state index in [2.05, 4.69) is 50.4 Å². The van der Waals surface area contributed by atoms with Crippen molar-refractivity contribution < 1.29 is 4.74 Å². The number of hydrogen-bond donors (Lipinski definition) is 1. The molecule has 100 valence electrons. The minimum absolute atomic E-state index is 0.269. The van der Waals surface area contributed by atoms with Crippen LogP contribution < -0.4 is 5.32 Å². The fourth-order valence-corrected chi connectivity index (χ4v) is 2.83. The summed E-state index contributed by atoms with van der Waals surface area (Å²) >= 11 is 0. The molecule has 2 heteroatoms. The van der Waals surface area contributed by atoms with Crippen molar-refractivity contribution in [2.45, 2.75) is 39.7 Å². The van der Waals surface area contributed by atoms with Gasteiger partial charge in [0.25, 0.3) is 0 Å². The van der Waals surface area contributed by atoms with Gasteiger partial charge in [-0.2, -0.15) is 0 Å². The van der Waals surface area contributed by atoms with Gasteiger partial charge in [0.05, 0.1) is 6.10 Å². The van der Waals surface area contributed by atoms with Gasteiger partial charge in [0.1, 0.15) is 0 Å². The average molecular weight is 247 g/mol. The molecule has 1 aromatic carbocycles. The minimum Gasteiger partial charge on any atom is -0.378 e. The average Bonchev–Trinajstić information content (AvgIpc) is 2.72. The van der Waals surface area contributed by atoms with Crippen LogP contribution in [-0.4, -0.2) is 25.8 Å². The molecule has 0 aromatic heterocycles. The quantitative estimate of drug-likeness (QED) is 0.864. The van der Waals surface area contributed by atoms with Crippen LogP contribution in [0.15, 0.2) is 24.3 Å². The number of aryl methyl sites for hydroxylation is 1. The van der Waals surface area contributed by atoms with Crippen molar-refractivity contribution in [3.05, 3.63) is 35.4 Å². The van der Waals surface area contributed by atoms with Crippen LogP contribution >= 0.6 is 0 Å². The Hall–Kier alpha value is -0.860. The Morgan fingerprint density at radius 2 is 2.06 bits per heavy atom. The zero-order chi connectivity index (χ0) is 13.0. The predicted octanol–water partition coefficient (Wildman–Crippen LogP) is 2.94. The van der Waals surface area contributed by atoms with Crippen LogP contribution in [0.3, 0.4) is 0 Å². The van der Waals surface area contributed by atoms with Gasteiger partial charge in [-0.15, -0.1) is 0 Å². The summed E-state index contributed by atoms with van der Waals surface area (Å²) in [7, 11) is 0. The van der Waals surface area contributed by atoms with Gasteiger partial charge in [-0.3, -0.25) is 0 Å². The van der Waals surface area contributed by atoms with Gasteiger partial charge in [-0.1, -0.05) is 36.8 Å². The van der Waals surface area contributed by atoms with Gasteiger partial charge in [-0.25, -0.2) is 0 Å². The van der Waals surface area contributed by atoms with Gasteiger partial charge < -0.3 is 10.1 Å². The zero-order valence-corrected chi connectivity index (χ0v) is 11.8. The Bertz CT molecular complexity index is 373. The van der Waals surface area contributed by atoms with Crippen LogP contribution in [0.1, 0.15) is 31.4 Å². The molecular formula is C16H25NO. The van der Waals surface area contributed by atoms with Crippen molar-refractivity contribution in [2.24, 2.45) is 5.41 Å². The second-order valence-corrected chi connectivity index (χ2v) is 5.57. The smallest absolute Gasteiger partial charge is 0.0619 e. The Balaban J connectivity index is 2.12. The molecule has 0 amide bonds. The standard InChI is InChI=1S/C16H25NO/c1-4-17-12-16(9-10-18-14(16)3)11-15-7-5-13(2)6-8-15/h5-8,14,17H,4,9-12H2,1-3H3.